The molecule has 2 fully saturated rings. The van der Waals surface area contributed by atoms with E-state index < -0.39 is 28.2 Å². The second kappa shape index (κ2) is 6.27. The molecule has 0 aromatic heterocycles. The van der Waals surface area contributed by atoms with Gasteiger partial charge in [0.05, 0.1) is 0 Å². The van der Waals surface area contributed by atoms with E-state index in [0.29, 0.717) is 37.0 Å². The molecule has 150 valence electrons. The van der Waals surface area contributed by atoms with Gasteiger partial charge in [-0.2, -0.15) is 0 Å². The summed E-state index contributed by atoms with van der Waals surface area (Å²) >= 11 is 0. The topological polar surface area (TPSA) is 116 Å². The van der Waals surface area contributed by atoms with E-state index in [1.807, 2.05) is 6.92 Å². The molecule has 0 heterocycles. The molecule has 1 N–H and O–H groups in total. The van der Waals surface area contributed by atoms with Gasteiger partial charge in [0.15, 0.2) is 0 Å². The summed E-state index contributed by atoms with van der Waals surface area (Å²) in [6.45, 7) is 3.16. The zero-order valence-corrected chi connectivity index (χ0v) is 15.8. The number of benzene rings is 1. The molecule has 0 amide bonds. The van der Waals surface area contributed by atoms with Crippen LogP contribution in [0.3, 0.4) is 0 Å². The second-order valence-electron chi connectivity index (χ2n) is 8.39. The number of aryl methyl sites for hydroxylation is 1. The van der Waals surface area contributed by atoms with Gasteiger partial charge in [-0.3, -0.25) is 9.59 Å². The SMILES string of the molecule is CC(=O)Oc1ccc2c(c1)CC[C@H]1[C@@H]3CCC(=O)[C@@]3(C)C[C@H](O[N+](=O)[O-])[C@]21O. The minimum Gasteiger partial charge on any atom is -0.427 e. The average molecular weight is 389 g/mol. The van der Waals surface area contributed by atoms with Crippen molar-refractivity contribution < 1.29 is 29.4 Å². The predicted octanol–water partition coefficient (Wildman–Crippen LogP) is 2.33. The molecule has 5 atom stereocenters. The molecule has 1 aromatic rings. The molecule has 28 heavy (non-hydrogen) atoms. The Morgan fingerprint density at radius 1 is 1.29 bits per heavy atom. The average Bonchev–Trinajstić information content (AvgIpc) is 2.89. The number of esters is 1. The smallest absolute Gasteiger partial charge is 0.308 e. The summed E-state index contributed by atoms with van der Waals surface area (Å²) in [5.41, 5.74) is -0.938. The lowest BCUT2D eigenvalue weighted by Crippen LogP contribution is -2.61. The molecule has 0 radical (unpaired) electrons. The van der Waals surface area contributed by atoms with Crippen LogP contribution in [0.25, 0.3) is 0 Å². The van der Waals surface area contributed by atoms with E-state index in [1.165, 1.54) is 6.92 Å². The quantitative estimate of drug-likeness (QED) is 0.365. The van der Waals surface area contributed by atoms with E-state index in [1.54, 1.807) is 18.2 Å². The summed E-state index contributed by atoms with van der Waals surface area (Å²) < 4.78 is 5.14. The Hall–Kier alpha value is -2.48. The molecule has 4 rings (SSSR count). The highest BCUT2D eigenvalue weighted by Crippen LogP contribution is 2.62. The van der Waals surface area contributed by atoms with Crippen LogP contribution in [0, 0.1) is 27.4 Å². The molecule has 2 saturated carbocycles. The maximum absolute atomic E-state index is 12.6. The zero-order valence-electron chi connectivity index (χ0n) is 15.8. The minimum absolute atomic E-state index is 0.0436. The van der Waals surface area contributed by atoms with Gasteiger partial charge in [0, 0.05) is 18.8 Å². The van der Waals surface area contributed by atoms with Crippen LogP contribution in [0.1, 0.15) is 50.7 Å². The molecule has 3 aliphatic rings. The number of Topliss-reactive ketones (excluding diaryl/α,β-unsaturated/α-hetero) is 1. The van der Waals surface area contributed by atoms with Gasteiger partial charge in [0.2, 0.25) is 0 Å². The molecule has 0 unspecified atom stereocenters. The van der Waals surface area contributed by atoms with Crippen molar-refractivity contribution in [2.24, 2.45) is 17.3 Å². The lowest BCUT2D eigenvalue weighted by molar-refractivity contribution is -0.775. The van der Waals surface area contributed by atoms with Gasteiger partial charge in [-0.05, 0) is 60.8 Å². The summed E-state index contributed by atoms with van der Waals surface area (Å²) in [6, 6.07) is 4.94. The van der Waals surface area contributed by atoms with Gasteiger partial charge in [-0.1, -0.05) is 13.0 Å². The van der Waals surface area contributed by atoms with E-state index in [4.69, 9.17) is 9.57 Å². The zero-order chi connectivity index (χ0) is 20.3. The lowest BCUT2D eigenvalue weighted by atomic mass is 9.52. The summed E-state index contributed by atoms with van der Waals surface area (Å²) in [7, 11) is 0. The minimum atomic E-state index is -1.57. The monoisotopic (exact) mass is 389 g/mol. The van der Waals surface area contributed by atoms with Crippen molar-refractivity contribution in [2.45, 2.75) is 57.7 Å². The van der Waals surface area contributed by atoms with Gasteiger partial charge in [-0.25, -0.2) is 0 Å². The van der Waals surface area contributed by atoms with Crippen LogP contribution in [0.4, 0.5) is 0 Å². The molecule has 0 spiro atoms. The number of carbonyl (C=O) groups excluding carboxylic acids is 2. The van der Waals surface area contributed by atoms with Gasteiger partial charge in [0.25, 0.3) is 5.09 Å². The Labute approximate surface area is 161 Å². The van der Waals surface area contributed by atoms with Crippen LogP contribution in [0.2, 0.25) is 0 Å². The predicted molar refractivity (Wildman–Crippen MR) is 95.8 cm³/mol. The Morgan fingerprint density at radius 3 is 2.68 bits per heavy atom. The van der Waals surface area contributed by atoms with E-state index in [0.717, 1.165) is 5.56 Å². The number of hydrogen-bond acceptors (Lipinski definition) is 7. The number of hydrogen-bond donors (Lipinski definition) is 1. The fraction of sp³-hybridized carbons (Fsp3) is 0.600. The van der Waals surface area contributed by atoms with Gasteiger partial charge in [-0.15, -0.1) is 10.1 Å². The van der Waals surface area contributed by atoms with Crippen LogP contribution in [-0.4, -0.2) is 28.0 Å². The molecule has 1 aromatic carbocycles. The van der Waals surface area contributed by atoms with Crippen LogP contribution in [-0.2, 0) is 26.4 Å². The number of aliphatic hydroxyl groups is 1. The first kappa shape index (κ1) is 18.9. The molecule has 0 saturated heterocycles. The number of ether oxygens (including phenoxy) is 1. The van der Waals surface area contributed by atoms with Crippen LogP contribution < -0.4 is 4.74 Å². The van der Waals surface area contributed by atoms with E-state index in [-0.39, 0.29) is 24.0 Å². The second-order valence-corrected chi connectivity index (χ2v) is 8.39. The molecule has 0 aliphatic heterocycles. The maximum atomic E-state index is 12.6. The third kappa shape index (κ3) is 2.62. The highest BCUT2D eigenvalue weighted by atomic mass is 17.0. The van der Waals surface area contributed by atoms with Crippen molar-refractivity contribution in [3.8, 4) is 5.75 Å². The molecule has 8 nitrogen and oxygen atoms in total. The van der Waals surface area contributed by atoms with Crippen LogP contribution in [0.15, 0.2) is 18.2 Å². The fourth-order valence-corrected chi connectivity index (χ4v) is 5.82. The van der Waals surface area contributed by atoms with Crippen molar-refractivity contribution in [1.82, 2.24) is 0 Å². The number of rotatable bonds is 3. The largest absolute Gasteiger partial charge is 0.427 e. The van der Waals surface area contributed by atoms with Gasteiger partial charge in [0.1, 0.15) is 23.2 Å². The van der Waals surface area contributed by atoms with E-state index >= 15 is 0 Å². The summed E-state index contributed by atoms with van der Waals surface area (Å²) in [5.74, 6) is -0.336. The molecule has 0 bridgehead atoms. The van der Waals surface area contributed by atoms with E-state index in [2.05, 4.69) is 0 Å². The van der Waals surface area contributed by atoms with Crippen LogP contribution >= 0.6 is 0 Å². The molecule has 8 heteroatoms. The van der Waals surface area contributed by atoms with E-state index in [9.17, 15) is 24.8 Å². The normalized spacial score (nSPS) is 36.1. The van der Waals surface area contributed by atoms with Crippen molar-refractivity contribution in [1.29, 1.82) is 0 Å². The fourth-order valence-electron chi connectivity index (χ4n) is 5.82. The van der Waals surface area contributed by atoms with Crippen molar-refractivity contribution in [2.75, 3.05) is 0 Å². The third-order valence-corrected chi connectivity index (χ3v) is 7.00. The first-order valence-electron chi connectivity index (χ1n) is 9.55. The number of nitrogens with zero attached hydrogens (tertiary/aromatic N) is 1. The summed E-state index contributed by atoms with van der Waals surface area (Å²) in [6.07, 6.45) is 1.29. The molecule has 3 aliphatic carbocycles. The summed E-state index contributed by atoms with van der Waals surface area (Å²) in [4.78, 5) is 40.0. The maximum Gasteiger partial charge on any atom is 0.308 e. The Bertz CT molecular complexity index is 868. The molecular weight excluding hydrogens is 366 g/mol. The van der Waals surface area contributed by atoms with Crippen molar-refractivity contribution >= 4 is 11.8 Å². The van der Waals surface area contributed by atoms with Gasteiger partial charge >= 0.3 is 5.97 Å². The lowest BCUT2D eigenvalue weighted by Gasteiger charge is -2.55. The first-order chi connectivity index (χ1) is 13.2. The third-order valence-electron chi connectivity index (χ3n) is 7.00. The van der Waals surface area contributed by atoms with Crippen molar-refractivity contribution in [3.63, 3.8) is 0 Å². The van der Waals surface area contributed by atoms with Crippen LogP contribution in [0.5, 0.6) is 5.75 Å². The number of fused-ring (bicyclic) bond motifs is 5. The Morgan fingerprint density at radius 2 is 2.00 bits per heavy atom. The van der Waals surface area contributed by atoms with Gasteiger partial charge < -0.3 is 14.7 Å². The highest BCUT2D eigenvalue weighted by molar-refractivity contribution is 5.87. The number of carbonyl (C=O) groups is 2. The summed E-state index contributed by atoms with van der Waals surface area (Å²) in [5, 5.41) is 22.1. The number of ketones is 1. The Balaban J connectivity index is 1.81. The first-order valence-corrected chi connectivity index (χ1v) is 9.55. The Kier molecular flexibility index (Phi) is 4.22. The standard InChI is InChI=1S/C20H23NO7/c1-11(22)27-13-4-6-14-12(9-13)3-5-16-15-7-8-17(23)19(15,2)10-18(20(14,16)24)28-21(25)26/h4,6,9,15-16,18,24H,3,5,7-8,10H2,1-2H3/t15-,16-,18-,19-,20-/m0/s1. The highest BCUT2D eigenvalue weighted by Gasteiger charge is 2.65. The van der Waals surface area contributed by atoms with Crippen molar-refractivity contribution in [3.05, 3.63) is 39.4 Å². The molecular formula is C20H23NO7.